The lowest BCUT2D eigenvalue weighted by atomic mass is 9.99. The molecule has 1 nitrogen and oxygen atoms in total. The molecule has 0 aliphatic carbocycles. The summed E-state index contributed by atoms with van der Waals surface area (Å²) in [5, 5.41) is 2.41. The molecular formula is C23H26O. The molecule has 0 heterocycles. The van der Waals surface area contributed by atoms with Gasteiger partial charge in [-0.05, 0) is 54.8 Å². The first-order valence-corrected chi connectivity index (χ1v) is 8.90. The van der Waals surface area contributed by atoms with E-state index >= 15 is 0 Å². The molecule has 3 aromatic carbocycles. The lowest BCUT2D eigenvalue weighted by molar-refractivity contribution is 0.194. The summed E-state index contributed by atoms with van der Waals surface area (Å²) < 4.78 is 6.51. The maximum absolute atomic E-state index is 6.51. The molecule has 0 N–H and O–H groups in total. The first-order valence-electron chi connectivity index (χ1n) is 8.90. The molecule has 0 spiro atoms. The molecule has 1 atom stereocenters. The minimum atomic E-state index is 0.107. The second kappa shape index (κ2) is 7.53. The van der Waals surface area contributed by atoms with E-state index in [1.807, 2.05) is 0 Å². The van der Waals surface area contributed by atoms with E-state index in [9.17, 15) is 0 Å². The predicted octanol–water partition coefficient (Wildman–Crippen LogP) is 6.77. The van der Waals surface area contributed by atoms with Gasteiger partial charge in [0.2, 0.25) is 0 Å². The number of rotatable bonds is 6. The molecular weight excluding hydrogens is 292 g/mol. The summed E-state index contributed by atoms with van der Waals surface area (Å²) in [4.78, 5) is 0. The van der Waals surface area contributed by atoms with Crippen LogP contribution in [0.2, 0.25) is 0 Å². The van der Waals surface area contributed by atoms with Crippen molar-refractivity contribution in [2.75, 3.05) is 0 Å². The standard InChI is InChI=1S/C23H26O/c1-4-5-12-22(20-15-14-17(2)18(3)16-20)24-23-13-8-10-19-9-6-7-11-21(19)23/h6-11,13-16,22H,4-5,12H2,1-3H3. The van der Waals surface area contributed by atoms with Gasteiger partial charge in [0, 0.05) is 5.39 Å². The summed E-state index contributed by atoms with van der Waals surface area (Å²) in [6.45, 7) is 6.56. The summed E-state index contributed by atoms with van der Waals surface area (Å²) in [5.41, 5.74) is 3.94. The zero-order valence-electron chi connectivity index (χ0n) is 14.9. The van der Waals surface area contributed by atoms with Gasteiger partial charge in [-0.25, -0.2) is 0 Å². The van der Waals surface area contributed by atoms with Crippen molar-refractivity contribution in [3.05, 3.63) is 77.4 Å². The quantitative estimate of drug-likeness (QED) is 0.487. The molecule has 0 bridgehead atoms. The minimum absolute atomic E-state index is 0.107. The Morgan fingerprint density at radius 1 is 0.875 bits per heavy atom. The average molecular weight is 318 g/mol. The van der Waals surface area contributed by atoms with Crippen LogP contribution < -0.4 is 4.74 Å². The fraction of sp³-hybridized carbons (Fsp3) is 0.304. The Morgan fingerprint density at radius 3 is 2.46 bits per heavy atom. The highest BCUT2D eigenvalue weighted by Gasteiger charge is 2.15. The number of hydrogen-bond acceptors (Lipinski definition) is 1. The van der Waals surface area contributed by atoms with Crippen molar-refractivity contribution in [1.82, 2.24) is 0 Å². The van der Waals surface area contributed by atoms with Crippen molar-refractivity contribution in [2.45, 2.75) is 46.1 Å². The Kier molecular flexibility index (Phi) is 5.20. The summed E-state index contributed by atoms with van der Waals surface area (Å²) in [5.74, 6) is 0.979. The fourth-order valence-electron chi connectivity index (χ4n) is 3.10. The normalized spacial score (nSPS) is 12.3. The van der Waals surface area contributed by atoms with Gasteiger partial charge in [0.1, 0.15) is 11.9 Å². The monoisotopic (exact) mass is 318 g/mol. The maximum atomic E-state index is 6.51. The van der Waals surface area contributed by atoms with Crippen LogP contribution in [0.3, 0.4) is 0 Å². The molecule has 3 aromatic rings. The number of aryl methyl sites for hydroxylation is 2. The number of unbranched alkanes of at least 4 members (excludes halogenated alkanes) is 1. The third kappa shape index (κ3) is 3.62. The number of ether oxygens (including phenoxy) is 1. The lowest BCUT2D eigenvalue weighted by Gasteiger charge is -2.21. The molecule has 3 rings (SSSR count). The van der Waals surface area contributed by atoms with Crippen LogP contribution in [0.25, 0.3) is 10.8 Å². The SMILES string of the molecule is CCCCC(Oc1cccc2ccccc12)c1ccc(C)c(C)c1. The summed E-state index contributed by atoms with van der Waals surface area (Å²) in [7, 11) is 0. The van der Waals surface area contributed by atoms with Gasteiger partial charge in [-0.1, -0.05) is 67.9 Å². The molecule has 0 aliphatic heterocycles. The highest BCUT2D eigenvalue weighted by Crippen LogP contribution is 2.32. The maximum Gasteiger partial charge on any atom is 0.128 e. The Labute approximate surface area is 145 Å². The molecule has 1 heteroatoms. The van der Waals surface area contributed by atoms with Gasteiger partial charge in [-0.3, -0.25) is 0 Å². The molecule has 124 valence electrons. The van der Waals surface area contributed by atoms with Gasteiger partial charge < -0.3 is 4.74 Å². The highest BCUT2D eigenvalue weighted by atomic mass is 16.5. The Morgan fingerprint density at radius 2 is 1.67 bits per heavy atom. The van der Waals surface area contributed by atoms with E-state index in [1.165, 1.54) is 40.3 Å². The van der Waals surface area contributed by atoms with Crippen molar-refractivity contribution < 1.29 is 4.74 Å². The molecule has 0 saturated heterocycles. The Bertz CT molecular complexity index is 814. The van der Waals surface area contributed by atoms with Crippen LogP contribution in [-0.2, 0) is 0 Å². The van der Waals surface area contributed by atoms with E-state index in [0.29, 0.717) is 0 Å². The third-order valence-electron chi connectivity index (χ3n) is 4.74. The van der Waals surface area contributed by atoms with Crippen LogP contribution in [0.5, 0.6) is 5.75 Å². The average Bonchev–Trinajstić information content (AvgIpc) is 2.61. The Hall–Kier alpha value is -2.28. The lowest BCUT2D eigenvalue weighted by Crippen LogP contribution is -2.08. The van der Waals surface area contributed by atoms with E-state index in [4.69, 9.17) is 4.74 Å². The second-order valence-corrected chi connectivity index (χ2v) is 6.57. The van der Waals surface area contributed by atoms with Crippen molar-refractivity contribution in [3.63, 3.8) is 0 Å². The van der Waals surface area contributed by atoms with Crippen molar-refractivity contribution in [1.29, 1.82) is 0 Å². The van der Waals surface area contributed by atoms with E-state index in [0.717, 1.165) is 12.2 Å². The zero-order chi connectivity index (χ0) is 16.9. The van der Waals surface area contributed by atoms with Crippen LogP contribution in [-0.4, -0.2) is 0 Å². The highest BCUT2D eigenvalue weighted by molar-refractivity contribution is 5.88. The fourth-order valence-corrected chi connectivity index (χ4v) is 3.10. The van der Waals surface area contributed by atoms with Gasteiger partial charge in [0.05, 0.1) is 0 Å². The molecule has 0 aliphatic rings. The van der Waals surface area contributed by atoms with Crippen molar-refractivity contribution in [3.8, 4) is 5.75 Å². The van der Waals surface area contributed by atoms with Gasteiger partial charge in [-0.2, -0.15) is 0 Å². The van der Waals surface area contributed by atoms with E-state index in [-0.39, 0.29) is 6.10 Å². The zero-order valence-corrected chi connectivity index (χ0v) is 14.9. The van der Waals surface area contributed by atoms with E-state index in [1.54, 1.807) is 0 Å². The van der Waals surface area contributed by atoms with Crippen LogP contribution in [0.15, 0.2) is 60.7 Å². The third-order valence-corrected chi connectivity index (χ3v) is 4.74. The van der Waals surface area contributed by atoms with Gasteiger partial charge in [-0.15, -0.1) is 0 Å². The molecule has 0 amide bonds. The smallest absolute Gasteiger partial charge is 0.128 e. The number of fused-ring (bicyclic) bond motifs is 1. The van der Waals surface area contributed by atoms with Crippen LogP contribution >= 0.6 is 0 Å². The van der Waals surface area contributed by atoms with Crippen molar-refractivity contribution in [2.24, 2.45) is 0 Å². The first-order chi connectivity index (χ1) is 11.7. The molecule has 0 aromatic heterocycles. The summed E-state index contributed by atoms with van der Waals surface area (Å²) in [6, 6.07) is 21.4. The molecule has 0 saturated carbocycles. The minimum Gasteiger partial charge on any atom is -0.485 e. The molecule has 1 unspecified atom stereocenters. The molecule has 0 radical (unpaired) electrons. The number of hydrogen-bond donors (Lipinski definition) is 0. The van der Waals surface area contributed by atoms with Gasteiger partial charge in [0.25, 0.3) is 0 Å². The van der Waals surface area contributed by atoms with E-state index in [2.05, 4.69) is 81.4 Å². The van der Waals surface area contributed by atoms with Gasteiger partial charge >= 0.3 is 0 Å². The topological polar surface area (TPSA) is 9.23 Å². The molecule has 24 heavy (non-hydrogen) atoms. The van der Waals surface area contributed by atoms with E-state index < -0.39 is 0 Å². The van der Waals surface area contributed by atoms with Crippen LogP contribution in [0.4, 0.5) is 0 Å². The number of benzene rings is 3. The van der Waals surface area contributed by atoms with Gasteiger partial charge in [0.15, 0.2) is 0 Å². The molecule has 0 fully saturated rings. The largest absolute Gasteiger partial charge is 0.485 e. The first kappa shape index (κ1) is 16.6. The second-order valence-electron chi connectivity index (χ2n) is 6.57. The Balaban J connectivity index is 1.95. The summed E-state index contributed by atoms with van der Waals surface area (Å²) >= 11 is 0. The van der Waals surface area contributed by atoms with Crippen LogP contribution in [0.1, 0.15) is 49.0 Å². The summed E-state index contributed by atoms with van der Waals surface area (Å²) in [6.07, 6.45) is 3.50. The van der Waals surface area contributed by atoms with Crippen LogP contribution in [0, 0.1) is 13.8 Å². The predicted molar refractivity (Wildman–Crippen MR) is 103 cm³/mol. The van der Waals surface area contributed by atoms with Crippen molar-refractivity contribution >= 4 is 10.8 Å².